The van der Waals surface area contributed by atoms with Crippen LogP contribution in [-0.2, 0) is 4.79 Å². The standard InChI is InChI=1S/C16H32N4O/c1-5-14-10-20(9-8-19(14)4)11-16(15(17)21,13-6-7-13)18-12(2)3/h12-14,18H,5-11H2,1-4H3,(H2,17,21). The summed E-state index contributed by atoms with van der Waals surface area (Å²) in [7, 11) is 2.19. The Morgan fingerprint density at radius 3 is 2.52 bits per heavy atom. The second-order valence-electron chi connectivity index (χ2n) is 7.19. The minimum Gasteiger partial charge on any atom is -0.368 e. The maximum absolute atomic E-state index is 12.3. The molecule has 1 saturated carbocycles. The number of hydrogen-bond donors (Lipinski definition) is 2. The highest BCUT2D eigenvalue weighted by atomic mass is 16.1. The second-order valence-corrected chi connectivity index (χ2v) is 7.19. The summed E-state index contributed by atoms with van der Waals surface area (Å²) < 4.78 is 0. The van der Waals surface area contributed by atoms with Crippen LogP contribution >= 0.6 is 0 Å². The number of likely N-dealkylation sites (N-methyl/N-ethyl adjacent to an activating group) is 1. The lowest BCUT2D eigenvalue weighted by atomic mass is 9.89. The lowest BCUT2D eigenvalue weighted by molar-refractivity contribution is -0.127. The number of nitrogens with two attached hydrogens (primary N) is 1. The molecule has 1 aliphatic heterocycles. The number of nitrogens with zero attached hydrogens (tertiary/aromatic N) is 2. The highest BCUT2D eigenvalue weighted by Crippen LogP contribution is 2.40. The number of piperazine rings is 1. The summed E-state index contributed by atoms with van der Waals surface area (Å²) in [6, 6.07) is 0.857. The zero-order chi connectivity index (χ0) is 15.6. The SMILES string of the molecule is CCC1CN(CC(NC(C)C)(C(N)=O)C2CC2)CCN1C. The molecule has 0 aromatic carbocycles. The van der Waals surface area contributed by atoms with E-state index in [4.69, 9.17) is 5.73 Å². The summed E-state index contributed by atoms with van der Waals surface area (Å²) in [5.41, 5.74) is 5.29. The summed E-state index contributed by atoms with van der Waals surface area (Å²) in [5, 5.41) is 3.52. The third kappa shape index (κ3) is 3.76. The van der Waals surface area contributed by atoms with Gasteiger partial charge in [0, 0.05) is 38.3 Å². The summed E-state index contributed by atoms with van der Waals surface area (Å²) >= 11 is 0. The van der Waals surface area contributed by atoms with E-state index in [1.54, 1.807) is 0 Å². The molecular formula is C16H32N4O. The zero-order valence-electron chi connectivity index (χ0n) is 14.1. The molecule has 2 fully saturated rings. The van der Waals surface area contributed by atoms with Crippen molar-refractivity contribution >= 4 is 5.91 Å². The molecule has 2 rings (SSSR count). The molecule has 0 aromatic heterocycles. The molecule has 3 N–H and O–H groups in total. The van der Waals surface area contributed by atoms with Gasteiger partial charge in [-0.05, 0) is 46.1 Å². The first-order valence-corrected chi connectivity index (χ1v) is 8.39. The van der Waals surface area contributed by atoms with Gasteiger partial charge in [-0.2, -0.15) is 0 Å². The maximum atomic E-state index is 12.3. The predicted octanol–water partition coefficient (Wildman–Crippen LogP) is 0.645. The molecule has 1 heterocycles. The molecular weight excluding hydrogens is 264 g/mol. The fourth-order valence-electron chi connectivity index (χ4n) is 3.68. The van der Waals surface area contributed by atoms with Crippen molar-refractivity contribution in [2.24, 2.45) is 11.7 Å². The average Bonchev–Trinajstić information content (AvgIpc) is 3.23. The van der Waals surface area contributed by atoms with Crippen LogP contribution < -0.4 is 11.1 Å². The van der Waals surface area contributed by atoms with E-state index in [-0.39, 0.29) is 11.9 Å². The van der Waals surface area contributed by atoms with Crippen LogP contribution in [0, 0.1) is 5.92 Å². The first-order chi connectivity index (χ1) is 9.89. The molecule has 1 aliphatic carbocycles. The van der Waals surface area contributed by atoms with E-state index in [1.807, 2.05) is 0 Å². The Balaban J connectivity index is 2.09. The van der Waals surface area contributed by atoms with Gasteiger partial charge < -0.3 is 10.6 Å². The van der Waals surface area contributed by atoms with E-state index in [9.17, 15) is 4.79 Å². The van der Waals surface area contributed by atoms with Gasteiger partial charge in [-0.15, -0.1) is 0 Å². The average molecular weight is 296 g/mol. The summed E-state index contributed by atoms with van der Waals surface area (Å²) in [6.45, 7) is 10.3. The van der Waals surface area contributed by atoms with E-state index < -0.39 is 5.54 Å². The molecule has 2 unspecified atom stereocenters. The lowest BCUT2D eigenvalue weighted by Gasteiger charge is -2.44. The number of nitrogens with one attached hydrogen (secondary N) is 1. The van der Waals surface area contributed by atoms with Crippen molar-refractivity contribution in [2.45, 2.75) is 57.7 Å². The normalized spacial score (nSPS) is 27.8. The number of carbonyl (C=O) groups is 1. The van der Waals surface area contributed by atoms with Crippen molar-refractivity contribution < 1.29 is 4.79 Å². The van der Waals surface area contributed by atoms with Crippen LogP contribution in [0.2, 0.25) is 0 Å². The summed E-state index contributed by atoms with van der Waals surface area (Å²) in [5.74, 6) is 0.239. The maximum Gasteiger partial charge on any atom is 0.239 e. The lowest BCUT2D eigenvalue weighted by Crippen LogP contribution is -2.66. The molecule has 1 amide bonds. The molecule has 21 heavy (non-hydrogen) atoms. The van der Waals surface area contributed by atoms with Crippen LogP contribution in [0.25, 0.3) is 0 Å². The van der Waals surface area contributed by atoms with Crippen LogP contribution in [-0.4, -0.2) is 66.6 Å². The number of hydrogen-bond acceptors (Lipinski definition) is 4. The number of amides is 1. The quantitative estimate of drug-likeness (QED) is 0.724. The Kier molecular flexibility index (Phi) is 5.28. The van der Waals surface area contributed by atoms with Crippen LogP contribution in [0.1, 0.15) is 40.0 Å². The predicted molar refractivity (Wildman–Crippen MR) is 86.1 cm³/mol. The zero-order valence-corrected chi connectivity index (χ0v) is 14.1. The van der Waals surface area contributed by atoms with E-state index in [1.165, 1.54) is 0 Å². The van der Waals surface area contributed by atoms with Crippen molar-refractivity contribution in [3.05, 3.63) is 0 Å². The molecule has 0 radical (unpaired) electrons. The second kappa shape index (κ2) is 6.63. The van der Waals surface area contributed by atoms with Gasteiger partial charge in [0.1, 0.15) is 5.54 Å². The number of carbonyl (C=O) groups excluding carboxylic acids is 1. The van der Waals surface area contributed by atoms with E-state index in [0.29, 0.717) is 12.0 Å². The van der Waals surface area contributed by atoms with E-state index in [0.717, 1.165) is 45.4 Å². The van der Waals surface area contributed by atoms with Gasteiger partial charge in [-0.1, -0.05) is 6.92 Å². The molecule has 0 spiro atoms. The molecule has 0 bridgehead atoms. The molecule has 122 valence electrons. The van der Waals surface area contributed by atoms with Crippen molar-refractivity contribution in [2.75, 3.05) is 33.2 Å². The van der Waals surface area contributed by atoms with Gasteiger partial charge in [-0.25, -0.2) is 0 Å². The van der Waals surface area contributed by atoms with Crippen LogP contribution in [0.5, 0.6) is 0 Å². The van der Waals surface area contributed by atoms with Gasteiger partial charge >= 0.3 is 0 Å². The van der Waals surface area contributed by atoms with Gasteiger partial charge in [0.2, 0.25) is 5.91 Å². The number of primary amides is 1. The van der Waals surface area contributed by atoms with Gasteiger partial charge in [-0.3, -0.25) is 15.0 Å². The highest BCUT2D eigenvalue weighted by molar-refractivity contribution is 5.86. The molecule has 2 atom stereocenters. The Hall–Kier alpha value is -0.650. The largest absolute Gasteiger partial charge is 0.368 e. The molecule has 2 aliphatic rings. The summed E-state index contributed by atoms with van der Waals surface area (Å²) in [4.78, 5) is 17.1. The van der Waals surface area contributed by atoms with Crippen molar-refractivity contribution in [1.29, 1.82) is 0 Å². The molecule has 5 nitrogen and oxygen atoms in total. The Morgan fingerprint density at radius 2 is 2.05 bits per heavy atom. The highest BCUT2D eigenvalue weighted by Gasteiger charge is 2.51. The number of rotatable bonds is 7. The van der Waals surface area contributed by atoms with Crippen LogP contribution in [0.4, 0.5) is 0 Å². The Bertz CT molecular complexity index is 369. The first-order valence-electron chi connectivity index (χ1n) is 8.39. The van der Waals surface area contributed by atoms with Gasteiger partial charge in [0.25, 0.3) is 0 Å². The smallest absolute Gasteiger partial charge is 0.239 e. The molecule has 1 saturated heterocycles. The van der Waals surface area contributed by atoms with Crippen molar-refractivity contribution in [3.8, 4) is 0 Å². The molecule has 5 heteroatoms. The third-order valence-electron chi connectivity index (χ3n) is 5.07. The summed E-state index contributed by atoms with van der Waals surface area (Å²) in [6.07, 6.45) is 3.39. The van der Waals surface area contributed by atoms with Crippen LogP contribution in [0.15, 0.2) is 0 Å². The van der Waals surface area contributed by atoms with E-state index >= 15 is 0 Å². The Labute approximate surface area is 129 Å². The minimum absolute atomic E-state index is 0.175. The fraction of sp³-hybridized carbons (Fsp3) is 0.938. The van der Waals surface area contributed by atoms with Crippen molar-refractivity contribution in [3.63, 3.8) is 0 Å². The molecule has 0 aromatic rings. The fourth-order valence-corrected chi connectivity index (χ4v) is 3.68. The first kappa shape index (κ1) is 16.7. The topological polar surface area (TPSA) is 61.6 Å². The third-order valence-corrected chi connectivity index (χ3v) is 5.07. The Morgan fingerprint density at radius 1 is 1.38 bits per heavy atom. The van der Waals surface area contributed by atoms with Crippen LogP contribution in [0.3, 0.4) is 0 Å². The van der Waals surface area contributed by atoms with Crippen molar-refractivity contribution in [1.82, 2.24) is 15.1 Å². The van der Waals surface area contributed by atoms with E-state index in [2.05, 4.69) is 42.9 Å². The van der Waals surface area contributed by atoms with Gasteiger partial charge in [0.15, 0.2) is 0 Å². The minimum atomic E-state index is -0.539. The van der Waals surface area contributed by atoms with Gasteiger partial charge in [0.05, 0.1) is 0 Å². The monoisotopic (exact) mass is 296 g/mol.